The zero-order valence-corrected chi connectivity index (χ0v) is 16.4. The second-order valence-corrected chi connectivity index (χ2v) is 10.8. The van der Waals surface area contributed by atoms with Gasteiger partial charge in [0.1, 0.15) is 6.10 Å². The van der Waals surface area contributed by atoms with Crippen molar-refractivity contribution in [2.75, 3.05) is 25.7 Å². The van der Waals surface area contributed by atoms with Crippen LogP contribution in [0, 0.1) is 5.92 Å². The SMILES string of the molecule is CN(C)S(=O)(=O)CS(=O)(=O)NC(=O)OC1CCCCC1.NCC1CC1. The van der Waals surface area contributed by atoms with Gasteiger partial charge in [-0.25, -0.2) is 30.7 Å². The average Bonchev–Trinajstić information content (AvgIpc) is 3.30. The Bertz CT molecular complexity index is 623. The van der Waals surface area contributed by atoms with Gasteiger partial charge in [0.2, 0.25) is 10.0 Å². The number of sulfonamides is 2. The number of rotatable bonds is 6. The lowest BCUT2D eigenvalue weighted by molar-refractivity contribution is 0.0798. The third kappa shape index (κ3) is 9.38. The van der Waals surface area contributed by atoms with Crippen LogP contribution in [0.2, 0.25) is 0 Å². The average molecular weight is 400 g/mol. The van der Waals surface area contributed by atoms with Crippen molar-refractivity contribution in [1.29, 1.82) is 0 Å². The number of hydrogen-bond donors (Lipinski definition) is 2. The molecule has 0 heterocycles. The molecule has 0 unspecified atom stereocenters. The van der Waals surface area contributed by atoms with Gasteiger partial charge in [0.25, 0.3) is 10.0 Å². The van der Waals surface area contributed by atoms with Crippen molar-refractivity contribution in [3.8, 4) is 0 Å². The molecule has 0 bridgehead atoms. The number of carbonyl (C=O) groups excluding carboxylic acids is 1. The normalized spacial score (nSPS) is 19.0. The molecule has 0 atom stereocenters. The predicted molar refractivity (Wildman–Crippen MR) is 94.7 cm³/mol. The van der Waals surface area contributed by atoms with Crippen molar-refractivity contribution in [1.82, 2.24) is 9.03 Å². The monoisotopic (exact) mass is 399 g/mol. The number of nitrogens with two attached hydrogens (primary N) is 1. The number of hydrogen-bond acceptors (Lipinski definition) is 7. The van der Waals surface area contributed by atoms with Gasteiger partial charge in [-0.3, -0.25) is 0 Å². The fourth-order valence-corrected chi connectivity index (χ4v) is 5.12. The summed E-state index contributed by atoms with van der Waals surface area (Å²) < 4.78 is 53.5. The highest BCUT2D eigenvalue weighted by molar-refractivity contribution is 8.06. The van der Waals surface area contributed by atoms with E-state index in [9.17, 15) is 21.6 Å². The highest BCUT2D eigenvalue weighted by atomic mass is 32.3. The van der Waals surface area contributed by atoms with Crippen LogP contribution in [-0.2, 0) is 24.8 Å². The molecule has 0 radical (unpaired) electrons. The van der Waals surface area contributed by atoms with Crippen LogP contribution in [0.25, 0.3) is 0 Å². The molecule has 2 aliphatic rings. The Morgan fingerprint density at radius 2 is 1.64 bits per heavy atom. The Labute approximate surface area is 150 Å². The van der Waals surface area contributed by atoms with Gasteiger partial charge in [-0.05, 0) is 51.0 Å². The Balaban J connectivity index is 0.000000531. The molecule has 1 amide bonds. The van der Waals surface area contributed by atoms with Gasteiger partial charge in [-0.15, -0.1) is 0 Å². The van der Waals surface area contributed by atoms with E-state index in [0.29, 0.717) is 12.8 Å². The number of carbonyl (C=O) groups is 1. The molecule has 2 fully saturated rings. The lowest BCUT2D eigenvalue weighted by atomic mass is 9.98. The first-order valence-electron chi connectivity index (χ1n) is 8.37. The molecule has 2 saturated carbocycles. The van der Waals surface area contributed by atoms with Crippen LogP contribution in [-0.4, -0.2) is 59.1 Å². The van der Waals surface area contributed by atoms with Crippen LogP contribution in [0.1, 0.15) is 44.9 Å². The Kier molecular flexibility index (Phi) is 8.58. The van der Waals surface area contributed by atoms with Gasteiger partial charge in [-0.1, -0.05) is 6.42 Å². The summed E-state index contributed by atoms with van der Waals surface area (Å²) in [7, 11) is -5.82. The first-order chi connectivity index (χ1) is 11.6. The minimum atomic E-state index is -4.29. The number of amides is 1. The topological polar surface area (TPSA) is 136 Å². The van der Waals surface area contributed by atoms with Crippen molar-refractivity contribution in [2.45, 2.75) is 51.0 Å². The summed E-state index contributed by atoms with van der Waals surface area (Å²) in [6.45, 7) is 0.917. The minimum absolute atomic E-state index is 0.301. The zero-order valence-electron chi connectivity index (χ0n) is 14.8. The standard InChI is InChI=1S/C10H20N2O6S2.C4H9N/c1-12(2)20(16,17)8-19(14,15)11-10(13)18-9-6-4-3-5-7-9;5-3-4-1-2-4/h9H,3-8H2,1-2H3,(H,11,13);4H,1-3,5H2. The van der Waals surface area contributed by atoms with Gasteiger partial charge in [0.15, 0.2) is 5.08 Å². The largest absolute Gasteiger partial charge is 0.446 e. The van der Waals surface area contributed by atoms with E-state index in [-0.39, 0.29) is 6.10 Å². The summed E-state index contributed by atoms with van der Waals surface area (Å²) in [6, 6.07) is 0. The quantitative estimate of drug-likeness (QED) is 0.666. The van der Waals surface area contributed by atoms with Crippen LogP contribution in [0.4, 0.5) is 4.79 Å². The molecule has 9 nitrogen and oxygen atoms in total. The van der Waals surface area contributed by atoms with Crippen LogP contribution in [0.3, 0.4) is 0 Å². The second kappa shape index (κ2) is 9.70. The van der Waals surface area contributed by atoms with E-state index in [1.54, 1.807) is 4.72 Å². The molecule has 0 aromatic rings. The van der Waals surface area contributed by atoms with Crippen LogP contribution < -0.4 is 10.5 Å². The first kappa shape index (κ1) is 22.1. The smallest absolute Gasteiger partial charge is 0.421 e. The predicted octanol–water partition coefficient (Wildman–Crippen LogP) is 0.579. The van der Waals surface area contributed by atoms with E-state index in [1.165, 1.54) is 26.9 Å². The van der Waals surface area contributed by atoms with E-state index < -0.39 is 31.2 Å². The maximum absolute atomic E-state index is 11.6. The summed E-state index contributed by atoms with van der Waals surface area (Å²) in [4.78, 5) is 11.5. The summed E-state index contributed by atoms with van der Waals surface area (Å²) in [6.07, 6.45) is 5.68. The molecule has 3 N–H and O–H groups in total. The number of nitrogens with zero attached hydrogens (tertiary/aromatic N) is 1. The third-order valence-corrected chi connectivity index (χ3v) is 7.98. The van der Waals surface area contributed by atoms with Crippen molar-refractivity contribution < 1.29 is 26.4 Å². The summed E-state index contributed by atoms with van der Waals surface area (Å²) in [5.74, 6) is 0.912. The van der Waals surface area contributed by atoms with Crippen molar-refractivity contribution in [2.24, 2.45) is 11.7 Å². The third-order valence-electron chi connectivity index (χ3n) is 3.96. The molecule has 0 aromatic carbocycles. The van der Waals surface area contributed by atoms with E-state index >= 15 is 0 Å². The molecule has 0 saturated heterocycles. The van der Waals surface area contributed by atoms with Crippen molar-refractivity contribution in [3.63, 3.8) is 0 Å². The molecular formula is C14H29N3O6S2. The van der Waals surface area contributed by atoms with E-state index in [0.717, 1.165) is 36.0 Å². The lowest BCUT2D eigenvalue weighted by Crippen LogP contribution is -2.40. The lowest BCUT2D eigenvalue weighted by Gasteiger charge is -2.21. The molecule has 25 heavy (non-hydrogen) atoms. The highest BCUT2D eigenvalue weighted by Crippen LogP contribution is 2.26. The maximum Gasteiger partial charge on any atom is 0.421 e. The second-order valence-electron chi connectivity index (χ2n) is 6.57. The Morgan fingerprint density at radius 3 is 2.04 bits per heavy atom. The summed E-state index contributed by atoms with van der Waals surface area (Å²) in [5, 5.41) is -1.19. The number of nitrogens with one attached hydrogen (secondary N) is 1. The Hall–Kier alpha value is -0.910. The summed E-state index contributed by atoms with van der Waals surface area (Å²) >= 11 is 0. The van der Waals surface area contributed by atoms with Gasteiger partial charge in [-0.2, -0.15) is 0 Å². The van der Waals surface area contributed by atoms with Crippen LogP contribution in [0.5, 0.6) is 0 Å². The molecule has 0 spiro atoms. The maximum atomic E-state index is 11.6. The van der Waals surface area contributed by atoms with Gasteiger partial charge >= 0.3 is 6.09 Å². The van der Waals surface area contributed by atoms with E-state index in [1.807, 2.05) is 0 Å². The van der Waals surface area contributed by atoms with Crippen LogP contribution in [0.15, 0.2) is 0 Å². The molecule has 0 aromatic heterocycles. The minimum Gasteiger partial charge on any atom is -0.446 e. The van der Waals surface area contributed by atoms with E-state index in [4.69, 9.17) is 10.5 Å². The fraction of sp³-hybridized carbons (Fsp3) is 0.929. The molecule has 0 aliphatic heterocycles. The zero-order chi connectivity index (χ0) is 19.1. The van der Waals surface area contributed by atoms with Gasteiger partial charge < -0.3 is 10.5 Å². The number of ether oxygens (including phenoxy) is 1. The molecule has 11 heteroatoms. The molecule has 2 aliphatic carbocycles. The van der Waals surface area contributed by atoms with Crippen molar-refractivity contribution >= 4 is 26.1 Å². The fourth-order valence-electron chi connectivity index (χ4n) is 2.17. The molecule has 148 valence electrons. The van der Waals surface area contributed by atoms with Gasteiger partial charge in [0.05, 0.1) is 0 Å². The Morgan fingerprint density at radius 1 is 1.08 bits per heavy atom. The van der Waals surface area contributed by atoms with Gasteiger partial charge in [0, 0.05) is 14.1 Å². The first-order valence-corrected chi connectivity index (χ1v) is 11.6. The molecule has 2 rings (SSSR count). The summed E-state index contributed by atoms with van der Waals surface area (Å²) in [5.41, 5.74) is 5.23. The van der Waals surface area contributed by atoms with Crippen molar-refractivity contribution in [3.05, 3.63) is 0 Å². The highest BCUT2D eigenvalue weighted by Gasteiger charge is 2.27. The molecular weight excluding hydrogens is 370 g/mol. The van der Waals surface area contributed by atoms with Crippen LogP contribution >= 0.6 is 0 Å². The van der Waals surface area contributed by atoms with E-state index in [2.05, 4.69) is 0 Å².